The number of nitrogens with zero attached hydrogens (tertiary/aromatic N) is 3. The Morgan fingerprint density at radius 1 is 0.825 bits per heavy atom. The highest BCUT2D eigenvalue weighted by molar-refractivity contribution is 8.13. The number of azo groups is 1. The Bertz CT molecular complexity index is 2050. The average molecular weight is 644 g/mol. The Morgan fingerprint density at radius 2 is 1.45 bits per heavy atom. The van der Waals surface area contributed by atoms with Gasteiger partial charge in [-0.15, -0.1) is 10.2 Å². The van der Waals surface area contributed by atoms with Gasteiger partial charge >= 0.3 is 0 Å². The van der Waals surface area contributed by atoms with Crippen LogP contribution in [0.15, 0.2) is 97.7 Å². The Kier molecular flexibility index (Phi) is 7.88. The van der Waals surface area contributed by atoms with Gasteiger partial charge in [0.2, 0.25) is 0 Å². The summed E-state index contributed by atoms with van der Waals surface area (Å²) in [6.45, 7) is 0. The summed E-state index contributed by atoms with van der Waals surface area (Å²) in [5, 5.41) is 20.0. The van der Waals surface area contributed by atoms with Crippen LogP contribution < -0.4 is 4.72 Å². The van der Waals surface area contributed by atoms with E-state index >= 15 is 0 Å². The number of anilines is 1. The highest BCUT2D eigenvalue weighted by atomic mass is 35.7. The van der Waals surface area contributed by atoms with Crippen molar-refractivity contribution in [3.63, 3.8) is 0 Å². The maximum absolute atomic E-state index is 13.2. The molecule has 0 unspecified atom stereocenters. The fourth-order valence-electron chi connectivity index (χ4n) is 3.62. The predicted molar refractivity (Wildman–Crippen MR) is 150 cm³/mol. The van der Waals surface area contributed by atoms with Crippen molar-refractivity contribution in [2.24, 2.45) is 10.2 Å². The summed E-state index contributed by atoms with van der Waals surface area (Å²) in [4.78, 5) is 9.13. The molecule has 0 bridgehead atoms. The molecule has 0 aliphatic carbocycles. The van der Waals surface area contributed by atoms with Gasteiger partial charge in [0.05, 0.1) is 26.1 Å². The molecule has 4 aromatic rings. The smallest absolute Gasteiger partial charge is 0.270 e. The van der Waals surface area contributed by atoms with Crippen molar-refractivity contribution in [3.05, 3.63) is 87.9 Å². The summed E-state index contributed by atoms with van der Waals surface area (Å²) in [7, 11) is -7.15. The van der Waals surface area contributed by atoms with E-state index in [1.807, 2.05) is 0 Å². The van der Waals surface area contributed by atoms with E-state index in [0.717, 1.165) is 36.6 Å². The molecule has 0 fully saturated rings. The molecule has 12 nitrogen and oxygen atoms in total. The molecule has 0 radical (unpaired) electrons. The van der Waals surface area contributed by atoms with Crippen LogP contribution in [0.25, 0.3) is 10.8 Å². The molecular formula is C23H16Cl2N4O8S3. The van der Waals surface area contributed by atoms with Crippen LogP contribution in [-0.2, 0) is 28.9 Å². The number of sulfonamides is 1. The van der Waals surface area contributed by atoms with Crippen LogP contribution in [0.5, 0.6) is 0 Å². The zero-order valence-electron chi connectivity index (χ0n) is 20.0. The van der Waals surface area contributed by atoms with Crippen molar-refractivity contribution in [1.29, 1.82) is 0 Å². The molecule has 0 aromatic heterocycles. The van der Waals surface area contributed by atoms with Crippen molar-refractivity contribution in [2.75, 3.05) is 11.0 Å². The van der Waals surface area contributed by atoms with Crippen molar-refractivity contribution < 1.29 is 30.2 Å². The van der Waals surface area contributed by atoms with Gasteiger partial charge in [-0.2, -0.15) is 0 Å². The lowest BCUT2D eigenvalue weighted by Crippen LogP contribution is -2.13. The van der Waals surface area contributed by atoms with Gasteiger partial charge in [0.15, 0.2) is 9.84 Å². The second kappa shape index (κ2) is 10.7. The summed E-state index contributed by atoms with van der Waals surface area (Å²) < 4.78 is 76.7. The lowest BCUT2D eigenvalue weighted by atomic mass is 10.1. The molecule has 0 aliphatic heterocycles. The molecule has 208 valence electrons. The first kappa shape index (κ1) is 29.4. The van der Waals surface area contributed by atoms with Crippen LogP contribution in [0.1, 0.15) is 0 Å². The molecule has 0 spiro atoms. The Hall–Kier alpha value is -3.63. The summed E-state index contributed by atoms with van der Waals surface area (Å²) in [6.07, 6.45) is 0.861. The number of nitrogens with one attached hydrogen (secondary N) is 1. The van der Waals surface area contributed by atoms with E-state index in [-0.39, 0.29) is 32.4 Å². The number of hydrogen-bond donors (Lipinski definition) is 1. The maximum Gasteiger partial charge on any atom is 0.270 e. The van der Waals surface area contributed by atoms with Gasteiger partial charge in [-0.05, 0) is 42.5 Å². The number of nitro benzene ring substituents is 1. The Morgan fingerprint density at radius 3 is 2.10 bits per heavy atom. The molecule has 40 heavy (non-hydrogen) atoms. The zero-order valence-corrected chi connectivity index (χ0v) is 24.0. The zero-order chi connectivity index (χ0) is 29.5. The number of sulfone groups is 1. The monoisotopic (exact) mass is 642 g/mol. The molecule has 4 aromatic carbocycles. The minimum absolute atomic E-state index is 0.000111. The molecule has 4 rings (SSSR count). The number of hydrogen-bond acceptors (Lipinski definition) is 10. The first-order valence-electron chi connectivity index (χ1n) is 10.8. The molecule has 0 amide bonds. The topological polar surface area (TPSA) is 182 Å². The molecular weight excluding hydrogens is 627 g/mol. The molecule has 0 aliphatic rings. The van der Waals surface area contributed by atoms with Crippen molar-refractivity contribution >= 4 is 84.7 Å². The van der Waals surface area contributed by atoms with E-state index in [1.165, 1.54) is 36.4 Å². The second-order valence-electron chi connectivity index (χ2n) is 8.19. The Balaban J connectivity index is 1.85. The van der Waals surface area contributed by atoms with Gasteiger partial charge in [0, 0.05) is 44.9 Å². The Labute approximate surface area is 237 Å². The maximum atomic E-state index is 13.2. The molecule has 0 saturated heterocycles. The van der Waals surface area contributed by atoms with Gasteiger partial charge < -0.3 is 0 Å². The van der Waals surface area contributed by atoms with E-state index in [2.05, 4.69) is 15.0 Å². The normalized spacial score (nSPS) is 12.6. The molecule has 0 atom stereocenters. The third-order valence-electron chi connectivity index (χ3n) is 5.43. The third kappa shape index (κ3) is 6.23. The summed E-state index contributed by atoms with van der Waals surface area (Å²) in [5.41, 5.74) is -0.569. The third-order valence-corrected chi connectivity index (χ3v) is 9.60. The van der Waals surface area contributed by atoms with Crippen LogP contribution in [0.2, 0.25) is 5.02 Å². The van der Waals surface area contributed by atoms with Crippen molar-refractivity contribution in [2.45, 2.75) is 14.7 Å². The van der Waals surface area contributed by atoms with E-state index < -0.39 is 49.3 Å². The highest BCUT2D eigenvalue weighted by Crippen LogP contribution is 2.39. The summed E-state index contributed by atoms with van der Waals surface area (Å²) >= 11 is 6.34. The number of fused-ring (bicyclic) bond motifs is 1. The van der Waals surface area contributed by atoms with Crippen LogP contribution in [-0.4, -0.2) is 36.4 Å². The quantitative estimate of drug-likeness (QED) is 0.106. The van der Waals surface area contributed by atoms with Crippen LogP contribution in [0, 0.1) is 10.1 Å². The van der Waals surface area contributed by atoms with Gasteiger partial charge in [-0.25, -0.2) is 25.3 Å². The summed E-state index contributed by atoms with van der Waals surface area (Å²) in [5.74, 6) is 0. The number of non-ortho nitro benzene ring substituents is 1. The molecule has 0 saturated carbocycles. The van der Waals surface area contributed by atoms with Gasteiger partial charge in [0.1, 0.15) is 10.6 Å². The van der Waals surface area contributed by atoms with Gasteiger partial charge in [0.25, 0.3) is 24.8 Å². The fourth-order valence-corrected chi connectivity index (χ4v) is 6.65. The summed E-state index contributed by atoms with van der Waals surface area (Å²) in [6, 6.07) is 14.9. The number of benzene rings is 4. The highest BCUT2D eigenvalue weighted by Gasteiger charge is 2.21. The average Bonchev–Trinajstić information content (AvgIpc) is 2.87. The first-order chi connectivity index (χ1) is 18.6. The molecule has 0 heterocycles. The molecule has 17 heteroatoms. The van der Waals surface area contributed by atoms with Crippen LogP contribution in [0.3, 0.4) is 0 Å². The van der Waals surface area contributed by atoms with Crippen molar-refractivity contribution in [3.8, 4) is 0 Å². The first-order valence-corrected chi connectivity index (χ1v) is 16.8. The van der Waals surface area contributed by atoms with E-state index in [9.17, 15) is 35.4 Å². The van der Waals surface area contributed by atoms with Crippen LogP contribution in [0.4, 0.5) is 22.7 Å². The van der Waals surface area contributed by atoms with Crippen molar-refractivity contribution in [1.82, 2.24) is 0 Å². The van der Waals surface area contributed by atoms with Gasteiger partial charge in [-0.1, -0.05) is 29.8 Å². The fraction of sp³-hybridized carbons (Fsp3) is 0.0435. The number of nitro groups is 1. The standard InChI is InChI=1S/C23H16Cl2N4O8S3/c1-38(32,33)22-12-14(29(30)31)8-10-19(22)26-27-20-11-9-18(24)17-6-3-7-21(23(17)20)28-40(36,37)16-5-2-4-15(13-16)39(25,34)35/h2-13,28H,1H3. The van der Waals surface area contributed by atoms with E-state index in [4.69, 9.17) is 22.3 Å². The van der Waals surface area contributed by atoms with Gasteiger partial charge in [-0.3, -0.25) is 14.8 Å². The minimum atomic E-state index is -4.35. The predicted octanol–water partition coefficient (Wildman–Crippen LogP) is 5.95. The van der Waals surface area contributed by atoms with E-state index in [0.29, 0.717) is 5.39 Å². The van der Waals surface area contributed by atoms with Crippen LogP contribution >= 0.6 is 22.3 Å². The van der Waals surface area contributed by atoms with E-state index in [1.54, 1.807) is 6.07 Å². The lowest BCUT2D eigenvalue weighted by molar-refractivity contribution is -0.385. The SMILES string of the molecule is CS(=O)(=O)c1cc([N+](=O)[O-])ccc1N=Nc1ccc(Cl)c2cccc(NS(=O)(=O)c3cccc(S(=O)(=O)Cl)c3)c12. The lowest BCUT2D eigenvalue weighted by Gasteiger charge is -2.13. The number of halogens is 2. The number of rotatable bonds is 8. The molecule has 1 N–H and O–H groups in total. The minimum Gasteiger partial charge on any atom is -0.279 e. The second-order valence-corrected chi connectivity index (χ2v) is 14.8. The largest absolute Gasteiger partial charge is 0.279 e.